The van der Waals surface area contributed by atoms with E-state index < -0.39 is 0 Å². The molecule has 0 spiro atoms. The lowest BCUT2D eigenvalue weighted by molar-refractivity contribution is 0.438. The normalized spacial score (nSPS) is 18.1. The third-order valence-corrected chi connectivity index (χ3v) is 3.58. The molecular formula is C11H16BrN3. The molecule has 82 valence electrons. The molecule has 2 N–H and O–H groups in total. The maximum atomic E-state index is 5.95. The molecule has 1 saturated heterocycles. The Morgan fingerprint density at radius 1 is 1.40 bits per heavy atom. The summed E-state index contributed by atoms with van der Waals surface area (Å²) in [6.07, 6.45) is 6.02. The zero-order chi connectivity index (χ0) is 10.8. The first-order chi connectivity index (χ1) is 7.18. The lowest BCUT2D eigenvalue weighted by atomic mass is 9.99. The van der Waals surface area contributed by atoms with Crippen LogP contribution in [0, 0.1) is 5.92 Å². The van der Waals surface area contributed by atoms with Gasteiger partial charge in [-0.25, -0.2) is 0 Å². The number of pyridine rings is 1. The Kier molecular flexibility index (Phi) is 3.14. The van der Waals surface area contributed by atoms with Crippen molar-refractivity contribution in [3.63, 3.8) is 0 Å². The summed E-state index contributed by atoms with van der Waals surface area (Å²) in [7, 11) is 0. The predicted molar refractivity (Wildman–Crippen MR) is 67.0 cm³/mol. The topological polar surface area (TPSA) is 42.1 Å². The quantitative estimate of drug-likeness (QED) is 0.853. The molecule has 0 atom stereocenters. The van der Waals surface area contributed by atoms with Crippen LogP contribution in [0.15, 0.2) is 16.9 Å². The maximum absolute atomic E-state index is 5.95. The molecule has 1 aromatic heterocycles. The van der Waals surface area contributed by atoms with Gasteiger partial charge in [-0.15, -0.1) is 0 Å². The highest BCUT2D eigenvalue weighted by Crippen LogP contribution is 2.33. The second-order valence-corrected chi connectivity index (χ2v) is 5.08. The summed E-state index contributed by atoms with van der Waals surface area (Å²) in [6, 6.07) is 0. The first-order valence-electron chi connectivity index (χ1n) is 5.32. The van der Waals surface area contributed by atoms with Gasteiger partial charge in [0.1, 0.15) is 0 Å². The van der Waals surface area contributed by atoms with E-state index >= 15 is 0 Å². The van der Waals surface area contributed by atoms with Gasteiger partial charge in [0.2, 0.25) is 0 Å². The summed E-state index contributed by atoms with van der Waals surface area (Å²) in [6.45, 7) is 4.49. The number of aromatic nitrogens is 1. The molecule has 0 aromatic carbocycles. The van der Waals surface area contributed by atoms with Crippen LogP contribution in [0.3, 0.4) is 0 Å². The number of nitrogens with two attached hydrogens (primary N) is 1. The minimum atomic E-state index is 0.763. The molecule has 1 aliphatic rings. The zero-order valence-corrected chi connectivity index (χ0v) is 10.5. The van der Waals surface area contributed by atoms with Crippen molar-refractivity contribution in [3.05, 3.63) is 16.9 Å². The van der Waals surface area contributed by atoms with Crippen LogP contribution in [0.4, 0.5) is 11.4 Å². The van der Waals surface area contributed by atoms with Crippen molar-refractivity contribution < 1.29 is 0 Å². The van der Waals surface area contributed by atoms with Gasteiger partial charge in [-0.05, 0) is 34.7 Å². The van der Waals surface area contributed by atoms with E-state index in [0.29, 0.717) is 0 Å². The Bertz CT molecular complexity index is 325. The zero-order valence-electron chi connectivity index (χ0n) is 8.91. The highest BCUT2D eigenvalue weighted by atomic mass is 79.9. The summed E-state index contributed by atoms with van der Waals surface area (Å²) in [5.74, 6) is 0.836. The summed E-state index contributed by atoms with van der Waals surface area (Å²) < 4.78 is 0.997. The van der Waals surface area contributed by atoms with Crippen LogP contribution in [0.25, 0.3) is 0 Å². The van der Waals surface area contributed by atoms with E-state index in [1.165, 1.54) is 12.8 Å². The van der Waals surface area contributed by atoms with Gasteiger partial charge in [-0.2, -0.15) is 0 Å². The molecule has 2 rings (SSSR count). The fourth-order valence-electron chi connectivity index (χ4n) is 2.01. The Balaban J connectivity index is 2.22. The van der Waals surface area contributed by atoms with Gasteiger partial charge < -0.3 is 10.6 Å². The van der Waals surface area contributed by atoms with Crippen molar-refractivity contribution in [3.8, 4) is 0 Å². The van der Waals surface area contributed by atoms with E-state index in [4.69, 9.17) is 5.73 Å². The number of rotatable bonds is 1. The Morgan fingerprint density at radius 2 is 2.07 bits per heavy atom. The van der Waals surface area contributed by atoms with Gasteiger partial charge in [0.05, 0.1) is 22.0 Å². The molecule has 0 amide bonds. The van der Waals surface area contributed by atoms with Crippen LogP contribution in [0.5, 0.6) is 0 Å². The maximum Gasteiger partial charge on any atom is 0.0776 e. The molecule has 1 aromatic rings. The molecule has 1 fully saturated rings. The molecule has 0 aliphatic carbocycles. The average molecular weight is 270 g/mol. The number of hydrogen-bond acceptors (Lipinski definition) is 3. The molecule has 3 nitrogen and oxygen atoms in total. The lowest BCUT2D eigenvalue weighted by Gasteiger charge is -2.33. The predicted octanol–water partition coefficient (Wildman–Crippen LogP) is 2.66. The van der Waals surface area contributed by atoms with Gasteiger partial charge in [0.25, 0.3) is 0 Å². The summed E-state index contributed by atoms with van der Waals surface area (Å²) >= 11 is 3.51. The van der Waals surface area contributed by atoms with E-state index in [9.17, 15) is 0 Å². The molecule has 15 heavy (non-hydrogen) atoms. The van der Waals surface area contributed by atoms with Crippen molar-refractivity contribution in [1.29, 1.82) is 0 Å². The number of piperidine rings is 1. The van der Waals surface area contributed by atoms with E-state index in [1.54, 1.807) is 6.20 Å². The van der Waals surface area contributed by atoms with Crippen LogP contribution < -0.4 is 10.6 Å². The van der Waals surface area contributed by atoms with Crippen molar-refractivity contribution in [2.24, 2.45) is 5.92 Å². The number of nitrogens with zero attached hydrogens (tertiary/aromatic N) is 2. The largest absolute Gasteiger partial charge is 0.396 e. The number of halogens is 1. The van der Waals surface area contributed by atoms with Crippen molar-refractivity contribution in [1.82, 2.24) is 4.98 Å². The first kappa shape index (κ1) is 10.7. The van der Waals surface area contributed by atoms with Crippen LogP contribution >= 0.6 is 15.9 Å². The third kappa shape index (κ3) is 2.25. The third-order valence-electron chi connectivity index (χ3n) is 3.00. The van der Waals surface area contributed by atoms with Crippen LogP contribution in [-0.4, -0.2) is 18.1 Å². The second-order valence-electron chi connectivity index (χ2n) is 4.23. The highest BCUT2D eigenvalue weighted by Gasteiger charge is 2.19. The van der Waals surface area contributed by atoms with Gasteiger partial charge in [-0.1, -0.05) is 6.92 Å². The smallest absolute Gasteiger partial charge is 0.0776 e. The second kappa shape index (κ2) is 4.39. The SMILES string of the molecule is CC1CCN(c2c(N)cncc2Br)CC1. The van der Waals surface area contributed by atoms with Crippen LogP contribution in [0.1, 0.15) is 19.8 Å². The number of nitrogen functional groups attached to an aromatic ring is 1. The fraction of sp³-hybridized carbons (Fsp3) is 0.545. The average Bonchev–Trinajstić information content (AvgIpc) is 2.20. The van der Waals surface area contributed by atoms with Crippen LogP contribution in [0.2, 0.25) is 0 Å². The number of hydrogen-bond donors (Lipinski definition) is 1. The van der Waals surface area contributed by atoms with E-state index in [2.05, 4.69) is 32.7 Å². The fourth-order valence-corrected chi connectivity index (χ4v) is 2.61. The molecule has 0 bridgehead atoms. The lowest BCUT2D eigenvalue weighted by Crippen LogP contribution is -2.33. The van der Waals surface area contributed by atoms with E-state index in [-0.39, 0.29) is 0 Å². The molecule has 0 unspecified atom stereocenters. The minimum Gasteiger partial charge on any atom is -0.396 e. The van der Waals surface area contributed by atoms with Crippen LogP contribution in [-0.2, 0) is 0 Å². The monoisotopic (exact) mass is 269 g/mol. The molecule has 0 radical (unpaired) electrons. The van der Waals surface area contributed by atoms with Gasteiger partial charge >= 0.3 is 0 Å². The van der Waals surface area contributed by atoms with E-state index in [0.717, 1.165) is 34.9 Å². The minimum absolute atomic E-state index is 0.763. The van der Waals surface area contributed by atoms with E-state index in [1.807, 2.05) is 6.20 Å². The van der Waals surface area contributed by atoms with Gasteiger partial charge in [0, 0.05) is 19.3 Å². The molecule has 0 saturated carbocycles. The first-order valence-corrected chi connectivity index (χ1v) is 6.11. The molecular weight excluding hydrogens is 254 g/mol. The summed E-state index contributed by atoms with van der Waals surface area (Å²) in [4.78, 5) is 6.40. The van der Waals surface area contributed by atoms with Gasteiger partial charge in [-0.3, -0.25) is 4.98 Å². The molecule has 2 heterocycles. The Morgan fingerprint density at radius 3 is 2.67 bits per heavy atom. The Hall–Kier alpha value is -0.770. The number of anilines is 2. The summed E-state index contributed by atoms with van der Waals surface area (Å²) in [5, 5.41) is 0. The van der Waals surface area contributed by atoms with Crippen molar-refractivity contribution in [2.75, 3.05) is 23.7 Å². The standard InChI is InChI=1S/C11H16BrN3/c1-8-2-4-15(5-3-8)11-9(12)6-14-7-10(11)13/h6-8H,2-5,13H2,1H3. The van der Waals surface area contributed by atoms with Gasteiger partial charge in [0.15, 0.2) is 0 Å². The molecule has 4 heteroatoms. The Labute approximate surface area is 98.8 Å². The summed E-state index contributed by atoms with van der Waals surface area (Å²) in [5.41, 5.74) is 7.82. The van der Waals surface area contributed by atoms with Crippen molar-refractivity contribution >= 4 is 27.3 Å². The molecule has 1 aliphatic heterocycles. The highest BCUT2D eigenvalue weighted by molar-refractivity contribution is 9.10. The van der Waals surface area contributed by atoms with Crippen molar-refractivity contribution in [2.45, 2.75) is 19.8 Å².